The number of benzene rings is 2. The van der Waals surface area contributed by atoms with Crippen LogP contribution in [0.2, 0.25) is 5.02 Å². The Morgan fingerprint density at radius 2 is 2.08 bits per heavy atom. The summed E-state index contributed by atoms with van der Waals surface area (Å²) in [6.07, 6.45) is 2.33. The van der Waals surface area contributed by atoms with Gasteiger partial charge in [0.05, 0.1) is 24.0 Å². The van der Waals surface area contributed by atoms with Gasteiger partial charge in [0.15, 0.2) is 4.80 Å². The maximum absolute atomic E-state index is 13.2. The van der Waals surface area contributed by atoms with Crippen LogP contribution in [0, 0.1) is 5.82 Å². The first-order valence-corrected chi connectivity index (χ1v) is 9.81. The van der Waals surface area contributed by atoms with Gasteiger partial charge in [-0.05, 0) is 49.2 Å². The van der Waals surface area contributed by atoms with Gasteiger partial charge in [-0.2, -0.15) is 0 Å². The SMILES string of the molecule is Fc1ccc(N=c2scc(-c3cccc(Cl)c3)n2CC2CCCO2)cc1. The molecule has 0 saturated carbocycles. The summed E-state index contributed by atoms with van der Waals surface area (Å²) in [4.78, 5) is 5.58. The molecule has 2 aromatic carbocycles. The van der Waals surface area contributed by atoms with E-state index in [1.165, 1.54) is 12.1 Å². The lowest BCUT2D eigenvalue weighted by atomic mass is 10.1. The van der Waals surface area contributed by atoms with E-state index in [0.29, 0.717) is 5.02 Å². The van der Waals surface area contributed by atoms with Crippen molar-refractivity contribution in [2.24, 2.45) is 4.99 Å². The quantitative estimate of drug-likeness (QED) is 0.586. The molecule has 0 bridgehead atoms. The number of rotatable bonds is 4. The second-order valence-corrected chi connectivity index (χ2v) is 7.52. The van der Waals surface area contributed by atoms with Crippen LogP contribution in [-0.4, -0.2) is 17.3 Å². The Morgan fingerprint density at radius 1 is 1.23 bits per heavy atom. The lowest BCUT2D eigenvalue weighted by molar-refractivity contribution is 0.0968. The summed E-state index contributed by atoms with van der Waals surface area (Å²) in [5, 5.41) is 2.79. The molecule has 134 valence electrons. The minimum Gasteiger partial charge on any atom is -0.376 e. The Morgan fingerprint density at radius 3 is 2.81 bits per heavy atom. The first kappa shape index (κ1) is 17.5. The molecule has 3 aromatic rings. The Labute approximate surface area is 160 Å². The van der Waals surface area contributed by atoms with Crippen molar-refractivity contribution in [1.29, 1.82) is 0 Å². The standard InChI is InChI=1S/C20H18ClFN2OS/c21-15-4-1-3-14(11-15)19-13-26-20(23-17-8-6-16(22)7-9-17)24(19)12-18-5-2-10-25-18/h1,3-4,6-9,11,13,18H,2,5,10,12H2. The predicted molar refractivity (Wildman–Crippen MR) is 103 cm³/mol. The highest BCUT2D eigenvalue weighted by Crippen LogP contribution is 2.25. The van der Waals surface area contributed by atoms with Gasteiger partial charge in [0.2, 0.25) is 0 Å². The molecule has 26 heavy (non-hydrogen) atoms. The molecule has 1 aliphatic heterocycles. The third kappa shape index (κ3) is 3.90. The van der Waals surface area contributed by atoms with Gasteiger partial charge >= 0.3 is 0 Å². The Balaban J connectivity index is 1.79. The number of hydrogen-bond donors (Lipinski definition) is 0. The van der Waals surface area contributed by atoms with Gasteiger partial charge in [0.25, 0.3) is 0 Å². The summed E-state index contributed by atoms with van der Waals surface area (Å²) in [7, 11) is 0. The second-order valence-electron chi connectivity index (χ2n) is 6.25. The molecule has 1 unspecified atom stereocenters. The van der Waals surface area contributed by atoms with Crippen LogP contribution in [0.1, 0.15) is 12.8 Å². The number of hydrogen-bond acceptors (Lipinski definition) is 3. The van der Waals surface area contributed by atoms with E-state index < -0.39 is 0 Å². The minimum atomic E-state index is -0.262. The highest BCUT2D eigenvalue weighted by Gasteiger charge is 2.19. The van der Waals surface area contributed by atoms with E-state index in [0.717, 1.165) is 47.7 Å². The summed E-state index contributed by atoms with van der Waals surface area (Å²) in [6.45, 7) is 1.55. The molecule has 1 atom stereocenters. The zero-order valence-corrected chi connectivity index (χ0v) is 15.6. The predicted octanol–water partition coefficient (Wildman–Crippen LogP) is 5.42. The van der Waals surface area contributed by atoms with Gasteiger partial charge < -0.3 is 9.30 Å². The van der Waals surface area contributed by atoms with E-state index in [4.69, 9.17) is 21.3 Å². The number of halogens is 2. The van der Waals surface area contributed by atoms with Crippen molar-refractivity contribution in [3.63, 3.8) is 0 Å². The summed E-state index contributed by atoms with van der Waals surface area (Å²) < 4.78 is 21.2. The normalized spacial score (nSPS) is 17.8. The summed E-state index contributed by atoms with van der Waals surface area (Å²) >= 11 is 7.74. The highest BCUT2D eigenvalue weighted by molar-refractivity contribution is 7.07. The first-order chi connectivity index (χ1) is 12.7. The van der Waals surface area contributed by atoms with Gasteiger partial charge in [-0.15, -0.1) is 11.3 Å². The van der Waals surface area contributed by atoms with E-state index >= 15 is 0 Å². The third-order valence-electron chi connectivity index (χ3n) is 4.38. The molecule has 0 radical (unpaired) electrons. The van der Waals surface area contributed by atoms with Crippen LogP contribution in [-0.2, 0) is 11.3 Å². The summed E-state index contributed by atoms with van der Waals surface area (Å²) in [5.74, 6) is -0.262. The van der Waals surface area contributed by atoms with Gasteiger partial charge in [-0.25, -0.2) is 9.38 Å². The van der Waals surface area contributed by atoms with Crippen molar-refractivity contribution in [3.8, 4) is 11.3 Å². The molecule has 6 heteroatoms. The van der Waals surface area contributed by atoms with E-state index in [1.807, 2.05) is 24.3 Å². The molecule has 0 N–H and O–H groups in total. The van der Waals surface area contributed by atoms with Crippen molar-refractivity contribution in [2.45, 2.75) is 25.5 Å². The molecule has 1 saturated heterocycles. The Kier molecular flexibility index (Phi) is 5.20. The van der Waals surface area contributed by atoms with Crippen LogP contribution in [0.5, 0.6) is 0 Å². The number of nitrogens with zero attached hydrogens (tertiary/aromatic N) is 2. The van der Waals surface area contributed by atoms with Crippen LogP contribution >= 0.6 is 22.9 Å². The average Bonchev–Trinajstić information content (AvgIpc) is 3.28. The molecule has 2 heterocycles. The molecule has 1 aliphatic rings. The number of ether oxygens (including phenoxy) is 1. The van der Waals surface area contributed by atoms with Gasteiger partial charge in [-0.1, -0.05) is 23.7 Å². The van der Waals surface area contributed by atoms with Crippen molar-refractivity contribution in [3.05, 3.63) is 69.6 Å². The van der Waals surface area contributed by atoms with Gasteiger partial charge in [-0.3, -0.25) is 0 Å². The fourth-order valence-corrected chi connectivity index (χ4v) is 4.22. The molecular weight excluding hydrogens is 371 g/mol. The minimum absolute atomic E-state index is 0.190. The van der Waals surface area contributed by atoms with Crippen LogP contribution in [0.15, 0.2) is 58.9 Å². The van der Waals surface area contributed by atoms with Crippen LogP contribution in [0.25, 0.3) is 11.3 Å². The average molecular weight is 389 g/mol. The Bertz CT molecular complexity index is 958. The summed E-state index contributed by atoms with van der Waals surface area (Å²) in [5.41, 5.74) is 2.84. The van der Waals surface area contributed by atoms with E-state index in [2.05, 4.69) is 9.95 Å². The topological polar surface area (TPSA) is 26.5 Å². The lowest BCUT2D eigenvalue weighted by Gasteiger charge is -2.14. The molecule has 1 aromatic heterocycles. The fraction of sp³-hybridized carbons (Fsp3) is 0.250. The van der Waals surface area contributed by atoms with Crippen molar-refractivity contribution in [1.82, 2.24) is 4.57 Å². The van der Waals surface area contributed by atoms with Gasteiger partial charge in [0, 0.05) is 22.6 Å². The largest absolute Gasteiger partial charge is 0.376 e. The van der Waals surface area contributed by atoms with Crippen molar-refractivity contribution >= 4 is 28.6 Å². The molecule has 0 amide bonds. The first-order valence-electron chi connectivity index (χ1n) is 8.55. The molecule has 0 spiro atoms. The molecule has 1 fully saturated rings. The zero-order valence-electron chi connectivity index (χ0n) is 14.1. The molecule has 3 nitrogen and oxygen atoms in total. The monoisotopic (exact) mass is 388 g/mol. The van der Waals surface area contributed by atoms with Crippen LogP contribution in [0.4, 0.5) is 10.1 Å². The van der Waals surface area contributed by atoms with E-state index in [-0.39, 0.29) is 11.9 Å². The Hall–Kier alpha value is -1.95. The zero-order chi connectivity index (χ0) is 17.9. The van der Waals surface area contributed by atoms with Crippen LogP contribution < -0.4 is 4.80 Å². The number of thiazole rings is 1. The van der Waals surface area contributed by atoms with E-state index in [9.17, 15) is 4.39 Å². The molecular formula is C20H18ClFN2OS. The van der Waals surface area contributed by atoms with Gasteiger partial charge in [0.1, 0.15) is 5.82 Å². The summed E-state index contributed by atoms with van der Waals surface area (Å²) in [6, 6.07) is 14.0. The van der Waals surface area contributed by atoms with Crippen molar-refractivity contribution < 1.29 is 9.13 Å². The maximum atomic E-state index is 13.2. The fourth-order valence-electron chi connectivity index (χ4n) is 3.09. The second kappa shape index (κ2) is 7.74. The van der Waals surface area contributed by atoms with E-state index in [1.54, 1.807) is 23.5 Å². The third-order valence-corrected chi connectivity index (χ3v) is 5.48. The van der Waals surface area contributed by atoms with Crippen LogP contribution in [0.3, 0.4) is 0 Å². The maximum Gasteiger partial charge on any atom is 0.190 e. The van der Waals surface area contributed by atoms with Crippen molar-refractivity contribution in [2.75, 3.05) is 6.61 Å². The highest BCUT2D eigenvalue weighted by atomic mass is 35.5. The molecule has 0 aliphatic carbocycles. The smallest absolute Gasteiger partial charge is 0.190 e. The number of aromatic nitrogens is 1. The molecule has 4 rings (SSSR count). The lowest BCUT2D eigenvalue weighted by Crippen LogP contribution is -2.24.